The average molecular weight is 369 g/mol. The van der Waals surface area contributed by atoms with Crippen molar-refractivity contribution in [2.45, 2.75) is 43.6 Å². The van der Waals surface area contributed by atoms with Crippen molar-refractivity contribution in [1.82, 2.24) is 15.1 Å². The molecule has 25 heavy (non-hydrogen) atoms. The van der Waals surface area contributed by atoms with Gasteiger partial charge in [0.05, 0.1) is 0 Å². The SMILES string of the molecule is CN1CCCCC1CCSc1nnc(-c2ccc(OC(F)F)cc2)o1. The second-order valence-corrected chi connectivity index (χ2v) is 7.09. The molecular weight excluding hydrogens is 348 g/mol. The van der Waals surface area contributed by atoms with Gasteiger partial charge in [-0.25, -0.2) is 0 Å². The van der Waals surface area contributed by atoms with Crippen LogP contribution in [0.1, 0.15) is 25.7 Å². The monoisotopic (exact) mass is 369 g/mol. The molecule has 0 N–H and O–H groups in total. The zero-order valence-corrected chi connectivity index (χ0v) is 14.8. The van der Waals surface area contributed by atoms with Crippen LogP contribution in [0.2, 0.25) is 0 Å². The summed E-state index contributed by atoms with van der Waals surface area (Å²) in [5, 5.41) is 8.60. The summed E-state index contributed by atoms with van der Waals surface area (Å²) in [6.45, 7) is -1.66. The predicted octanol–water partition coefficient (Wildman–Crippen LogP) is 4.30. The number of thioether (sulfide) groups is 1. The molecular formula is C17H21F2N3O2S. The lowest BCUT2D eigenvalue weighted by atomic mass is 10.0. The smallest absolute Gasteiger partial charge is 0.387 e. The maximum absolute atomic E-state index is 12.2. The van der Waals surface area contributed by atoms with Gasteiger partial charge in [0.2, 0.25) is 5.89 Å². The molecule has 1 aliphatic heterocycles. The third-order valence-corrected chi connectivity index (χ3v) is 5.18. The Kier molecular flexibility index (Phi) is 6.25. The first-order chi connectivity index (χ1) is 12.1. The Hall–Kier alpha value is -1.67. The van der Waals surface area contributed by atoms with Gasteiger partial charge in [0.25, 0.3) is 5.22 Å². The van der Waals surface area contributed by atoms with Gasteiger partial charge >= 0.3 is 6.61 Å². The van der Waals surface area contributed by atoms with E-state index < -0.39 is 6.61 Å². The van der Waals surface area contributed by atoms with E-state index in [9.17, 15) is 8.78 Å². The van der Waals surface area contributed by atoms with Gasteiger partial charge in [-0.1, -0.05) is 18.2 Å². The van der Waals surface area contributed by atoms with Gasteiger partial charge < -0.3 is 14.1 Å². The number of halogens is 2. The maximum Gasteiger partial charge on any atom is 0.387 e. The minimum Gasteiger partial charge on any atom is -0.435 e. The van der Waals surface area contributed by atoms with Crippen LogP contribution in [0.4, 0.5) is 8.78 Å². The Morgan fingerprint density at radius 1 is 1.28 bits per heavy atom. The molecule has 136 valence electrons. The largest absolute Gasteiger partial charge is 0.435 e. The lowest BCUT2D eigenvalue weighted by Gasteiger charge is -2.32. The van der Waals surface area contributed by atoms with E-state index in [2.05, 4.69) is 26.9 Å². The molecule has 0 bridgehead atoms. The Bertz CT molecular complexity index is 666. The van der Waals surface area contributed by atoms with Crippen LogP contribution in [-0.4, -0.2) is 47.1 Å². The summed E-state index contributed by atoms with van der Waals surface area (Å²) in [6, 6.07) is 6.79. The van der Waals surface area contributed by atoms with Gasteiger partial charge in [-0.3, -0.25) is 0 Å². The minimum atomic E-state index is -2.83. The molecule has 0 saturated carbocycles. The fourth-order valence-electron chi connectivity index (χ4n) is 2.95. The first kappa shape index (κ1) is 18.1. The Morgan fingerprint density at radius 3 is 2.80 bits per heavy atom. The number of likely N-dealkylation sites (tertiary alicyclic amines) is 1. The van der Waals surface area contributed by atoms with Crippen molar-refractivity contribution in [3.8, 4) is 17.2 Å². The van der Waals surface area contributed by atoms with Crippen LogP contribution >= 0.6 is 11.8 Å². The van der Waals surface area contributed by atoms with Crippen molar-refractivity contribution in [1.29, 1.82) is 0 Å². The lowest BCUT2D eigenvalue weighted by Crippen LogP contribution is -2.36. The number of piperidine rings is 1. The van der Waals surface area contributed by atoms with Crippen LogP contribution in [0, 0.1) is 0 Å². The highest BCUT2D eigenvalue weighted by atomic mass is 32.2. The fourth-order valence-corrected chi connectivity index (χ4v) is 3.76. The van der Waals surface area contributed by atoms with E-state index in [4.69, 9.17) is 4.42 Å². The van der Waals surface area contributed by atoms with E-state index in [1.165, 1.54) is 37.9 Å². The molecule has 0 radical (unpaired) electrons. The molecule has 1 unspecified atom stereocenters. The number of aromatic nitrogens is 2. The van der Waals surface area contributed by atoms with Crippen LogP contribution in [0.25, 0.3) is 11.5 Å². The molecule has 0 aliphatic carbocycles. The summed E-state index contributed by atoms with van der Waals surface area (Å²) in [4.78, 5) is 2.42. The molecule has 1 aromatic carbocycles. The molecule has 1 atom stereocenters. The molecule has 3 rings (SSSR count). The number of nitrogens with zero attached hydrogens (tertiary/aromatic N) is 3. The maximum atomic E-state index is 12.2. The van der Waals surface area contributed by atoms with Crippen LogP contribution in [0.3, 0.4) is 0 Å². The number of benzene rings is 1. The molecule has 0 amide bonds. The van der Waals surface area contributed by atoms with Crippen molar-refractivity contribution in [3.63, 3.8) is 0 Å². The summed E-state index contributed by atoms with van der Waals surface area (Å²) < 4.78 is 34.3. The van der Waals surface area contributed by atoms with Crippen molar-refractivity contribution in [3.05, 3.63) is 24.3 Å². The second kappa shape index (κ2) is 8.62. The molecule has 1 aromatic heterocycles. The number of hydrogen-bond donors (Lipinski definition) is 0. The van der Waals surface area contributed by atoms with Crippen molar-refractivity contribution < 1.29 is 17.9 Å². The van der Waals surface area contributed by atoms with Gasteiger partial charge in [0, 0.05) is 17.4 Å². The first-order valence-corrected chi connectivity index (χ1v) is 9.32. The summed E-state index contributed by atoms with van der Waals surface area (Å²) in [7, 11) is 2.18. The molecule has 1 aliphatic rings. The van der Waals surface area contributed by atoms with E-state index in [1.54, 1.807) is 23.9 Å². The quantitative estimate of drug-likeness (QED) is 0.678. The van der Waals surface area contributed by atoms with Gasteiger partial charge in [-0.2, -0.15) is 8.78 Å². The van der Waals surface area contributed by atoms with Gasteiger partial charge in [-0.05, 0) is 57.1 Å². The Morgan fingerprint density at radius 2 is 2.08 bits per heavy atom. The molecule has 2 aromatic rings. The number of rotatable bonds is 7. The van der Waals surface area contributed by atoms with Crippen LogP contribution in [-0.2, 0) is 0 Å². The second-order valence-electron chi connectivity index (χ2n) is 6.04. The number of hydrogen-bond acceptors (Lipinski definition) is 6. The average Bonchev–Trinajstić information content (AvgIpc) is 3.06. The fraction of sp³-hybridized carbons (Fsp3) is 0.529. The van der Waals surface area contributed by atoms with E-state index in [1.807, 2.05) is 0 Å². The van der Waals surface area contributed by atoms with Crippen molar-refractivity contribution in [2.75, 3.05) is 19.3 Å². The standard InChI is InChI=1S/C17H21F2N3O2S/c1-22-10-3-2-4-13(22)9-11-25-17-21-20-15(24-17)12-5-7-14(8-6-12)23-16(18)19/h5-8,13,16H,2-4,9-11H2,1H3. The molecule has 1 fully saturated rings. The molecule has 2 heterocycles. The summed E-state index contributed by atoms with van der Waals surface area (Å²) in [5.41, 5.74) is 0.674. The van der Waals surface area contributed by atoms with Gasteiger partial charge in [0.1, 0.15) is 5.75 Å². The highest BCUT2D eigenvalue weighted by molar-refractivity contribution is 7.99. The normalized spacial score (nSPS) is 18.6. The predicted molar refractivity (Wildman–Crippen MR) is 92.0 cm³/mol. The van der Waals surface area contributed by atoms with Crippen LogP contribution < -0.4 is 4.74 Å². The number of ether oxygens (including phenoxy) is 1. The summed E-state index contributed by atoms with van der Waals surface area (Å²) in [6.07, 6.45) is 4.93. The van der Waals surface area contributed by atoms with E-state index >= 15 is 0 Å². The van der Waals surface area contributed by atoms with E-state index in [0.717, 1.165) is 12.2 Å². The van der Waals surface area contributed by atoms with Crippen LogP contribution in [0.15, 0.2) is 33.9 Å². The zero-order chi connectivity index (χ0) is 17.6. The van der Waals surface area contributed by atoms with Crippen molar-refractivity contribution >= 4 is 11.8 Å². The number of alkyl halides is 2. The Labute approximate surface area is 149 Å². The highest BCUT2D eigenvalue weighted by Crippen LogP contribution is 2.27. The highest BCUT2D eigenvalue weighted by Gasteiger charge is 2.19. The summed E-state index contributed by atoms with van der Waals surface area (Å²) >= 11 is 1.55. The minimum absolute atomic E-state index is 0.101. The summed E-state index contributed by atoms with van der Waals surface area (Å²) in [5.74, 6) is 1.41. The zero-order valence-electron chi connectivity index (χ0n) is 14.0. The third-order valence-electron chi connectivity index (χ3n) is 4.33. The van der Waals surface area contributed by atoms with Crippen LogP contribution in [0.5, 0.6) is 5.75 Å². The molecule has 8 heteroatoms. The van der Waals surface area contributed by atoms with Gasteiger partial charge in [0.15, 0.2) is 0 Å². The molecule has 5 nitrogen and oxygen atoms in total. The van der Waals surface area contributed by atoms with E-state index in [-0.39, 0.29) is 5.75 Å². The third kappa shape index (κ3) is 5.15. The topological polar surface area (TPSA) is 51.4 Å². The molecule has 0 spiro atoms. The van der Waals surface area contributed by atoms with Gasteiger partial charge in [-0.15, -0.1) is 10.2 Å². The Balaban J connectivity index is 1.51. The lowest BCUT2D eigenvalue weighted by molar-refractivity contribution is -0.0498. The first-order valence-electron chi connectivity index (χ1n) is 8.33. The van der Waals surface area contributed by atoms with E-state index in [0.29, 0.717) is 22.7 Å². The van der Waals surface area contributed by atoms with Crippen molar-refractivity contribution in [2.24, 2.45) is 0 Å². The molecule has 1 saturated heterocycles.